The van der Waals surface area contributed by atoms with Gasteiger partial charge in [-0.3, -0.25) is 4.79 Å². The molecule has 0 unspecified atom stereocenters. The van der Waals surface area contributed by atoms with Crippen LogP contribution in [0.4, 0.5) is 4.79 Å². The lowest BCUT2D eigenvalue weighted by atomic mass is 10.1. The van der Waals surface area contributed by atoms with Crippen LogP contribution in [0.3, 0.4) is 0 Å². The van der Waals surface area contributed by atoms with Gasteiger partial charge >= 0.3 is 6.09 Å². The molecule has 2 amide bonds. The Bertz CT molecular complexity index is 655. The molecule has 23 heavy (non-hydrogen) atoms. The van der Waals surface area contributed by atoms with Gasteiger partial charge in [0.05, 0.1) is 24.3 Å². The Hall–Kier alpha value is -1.15. The summed E-state index contributed by atoms with van der Waals surface area (Å²) in [5.41, 5.74) is 0.313. The second kappa shape index (κ2) is 5.73. The second-order valence-electron chi connectivity index (χ2n) is 6.95. The van der Waals surface area contributed by atoms with Crippen LogP contribution in [0.5, 0.6) is 0 Å². The largest absolute Gasteiger partial charge is 0.444 e. The molecule has 0 aromatic carbocycles. The molecule has 0 saturated carbocycles. The molecule has 2 aliphatic heterocycles. The highest BCUT2D eigenvalue weighted by Crippen LogP contribution is 2.35. The quantitative estimate of drug-likeness (QED) is 0.724. The SMILES string of the molecule is C[C@@H]1[C@H](N2Cc3nc(Br)sc3C2=O)CCN1C(=O)OC(C)(C)C. The maximum absolute atomic E-state index is 12.6. The van der Waals surface area contributed by atoms with Crippen molar-refractivity contribution in [1.29, 1.82) is 0 Å². The number of amides is 2. The molecule has 2 aliphatic rings. The molecule has 0 radical (unpaired) electrons. The fourth-order valence-corrected chi connectivity index (χ4v) is 4.60. The lowest BCUT2D eigenvalue weighted by Crippen LogP contribution is -2.46. The van der Waals surface area contributed by atoms with Gasteiger partial charge in [0.15, 0.2) is 3.92 Å². The number of hydrogen-bond acceptors (Lipinski definition) is 5. The first-order valence-corrected chi connectivity index (χ1v) is 9.24. The molecule has 3 heterocycles. The lowest BCUT2D eigenvalue weighted by molar-refractivity contribution is 0.0198. The van der Waals surface area contributed by atoms with Crippen LogP contribution in [-0.4, -0.2) is 51.0 Å². The van der Waals surface area contributed by atoms with Crippen molar-refractivity contribution in [2.45, 2.75) is 58.3 Å². The minimum absolute atomic E-state index is 0.00944. The smallest absolute Gasteiger partial charge is 0.410 e. The summed E-state index contributed by atoms with van der Waals surface area (Å²) in [4.78, 5) is 33.5. The average Bonchev–Trinajstić information content (AvgIpc) is 3.03. The normalized spacial score (nSPS) is 24.3. The fraction of sp³-hybridized carbons (Fsp3) is 0.667. The summed E-state index contributed by atoms with van der Waals surface area (Å²) in [6, 6.07) is -0.0542. The van der Waals surface area contributed by atoms with Gasteiger partial charge in [-0.1, -0.05) is 0 Å². The summed E-state index contributed by atoms with van der Waals surface area (Å²) in [5.74, 6) is 0.0195. The van der Waals surface area contributed by atoms with E-state index in [1.807, 2.05) is 32.6 Å². The van der Waals surface area contributed by atoms with Crippen molar-refractivity contribution in [1.82, 2.24) is 14.8 Å². The Morgan fingerprint density at radius 2 is 2.13 bits per heavy atom. The number of carbonyl (C=O) groups excluding carboxylic acids is 2. The summed E-state index contributed by atoms with van der Waals surface area (Å²) >= 11 is 4.70. The predicted octanol–water partition coefficient (Wildman–Crippen LogP) is 3.26. The first-order chi connectivity index (χ1) is 10.7. The molecule has 3 rings (SSSR count). The molecule has 2 atom stereocenters. The van der Waals surface area contributed by atoms with Gasteiger partial charge < -0.3 is 14.5 Å². The molecule has 1 aromatic heterocycles. The minimum Gasteiger partial charge on any atom is -0.444 e. The van der Waals surface area contributed by atoms with Crippen molar-refractivity contribution in [3.05, 3.63) is 14.5 Å². The van der Waals surface area contributed by atoms with Gasteiger partial charge in [0.1, 0.15) is 10.5 Å². The Morgan fingerprint density at radius 1 is 1.43 bits per heavy atom. The molecule has 1 fully saturated rings. The van der Waals surface area contributed by atoms with E-state index in [4.69, 9.17) is 4.74 Å². The zero-order valence-electron chi connectivity index (χ0n) is 13.6. The van der Waals surface area contributed by atoms with E-state index in [1.165, 1.54) is 11.3 Å². The van der Waals surface area contributed by atoms with Crippen LogP contribution < -0.4 is 0 Å². The number of nitrogens with zero attached hydrogens (tertiary/aromatic N) is 3. The molecule has 8 heteroatoms. The molecule has 126 valence electrons. The van der Waals surface area contributed by atoms with Gasteiger partial charge in [-0.05, 0) is 50.0 Å². The Morgan fingerprint density at radius 3 is 2.74 bits per heavy atom. The molecule has 1 aromatic rings. The van der Waals surface area contributed by atoms with Crippen LogP contribution in [0.1, 0.15) is 49.5 Å². The third kappa shape index (κ3) is 3.10. The van der Waals surface area contributed by atoms with Gasteiger partial charge in [-0.2, -0.15) is 0 Å². The zero-order valence-corrected chi connectivity index (χ0v) is 16.0. The number of carbonyl (C=O) groups is 2. The van der Waals surface area contributed by atoms with E-state index in [-0.39, 0.29) is 24.1 Å². The summed E-state index contributed by atoms with van der Waals surface area (Å²) in [7, 11) is 0. The first-order valence-electron chi connectivity index (χ1n) is 7.63. The van der Waals surface area contributed by atoms with E-state index >= 15 is 0 Å². The standard InChI is InChI=1S/C15H20BrN3O3S/c1-8-10(5-6-18(8)14(21)22-15(2,3)4)19-7-9-11(12(19)20)23-13(16)17-9/h8,10H,5-7H2,1-4H3/t8-,10-/m1/s1. The van der Waals surface area contributed by atoms with Crippen molar-refractivity contribution in [3.63, 3.8) is 0 Å². The second-order valence-corrected chi connectivity index (χ2v) is 9.22. The lowest BCUT2D eigenvalue weighted by Gasteiger charge is -2.31. The summed E-state index contributed by atoms with van der Waals surface area (Å²) in [6.07, 6.45) is 0.456. The van der Waals surface area contributed by atoms with Crippen molar-refractivity contribution in [2.24, 2.45) is 0 Å². The highest BCUT2D eigenvalue weighted by atomic mass is 79.9. The van der Waals surface area contributed by atoms with Crippen LogP contribution in [-0.2, 0) is 11.3 Å². The topological polar surface area (TPSA) is 62.7 Å². The van der Waals surface area contributed by atoms with E-state index in [2.05, 4.69) is 20.9 Å². The van der Waals surface area contributed by atoms with E-state index in [1.54, 1.807) is 4.90 Å². The number of halogens is 1. The number of hydrogen-bond donors (Lipinski definition) is 0. The van der Waals surface area contributed by atoms with Crippen LogP contribution >= 0.6 is 27.3 Å². The number of thiazole rings is 1. The highest BCUT2D eigenvalue weighted by Gasteiger charge is 2.44. The molecule has 0 aliphatic carbocycles. The molecular formula is C15H20BrN3O3S. The van der Waals surface area contributed by atoms with Crippen molar-refractivity contribution in [3.8, 4) is 0 Å². The number of aromatic nitrogens is 1. The fourth-order valence-electron chi connectivity index (χ4n) is 3.15. The van der Waals surface area contributed by atoms with E-state index in [0.29, 0.717) is 18.0 Å². The third-order valence-electron chi connectivity index (χ3n) is 4.19. The summed E-state index contributed by atoms with van der Waals surface area (Å²) in [5, 5.41) is 0. The van der Waals surface area contributed by atoms with Gasteiger partial charge in [-0.15, -0.1) is 11.3 Å². The van der Waals surface area contributed by atoms with Crippen LogP contribution in [0.2, 0.25) is 0 Å². The zero-order chi connectivity index (χ0) is 16.9. The maximum atomic E-state index is 12.6. The Balaban J connectivity index is 1.71. The van der Waals surface area contributed by atoms with E-state index in [0.717, 1.165) is 16.0 Å². The van der Waals surface area contributed by atoms with Crippen LogP contribution in [0.25, 0.3) is 0 Å². The van der Waals surface area contributed by atoms with Gasteiger partial charge in [-0.25, -0.2) is 9.78 Å². The molecule has 0 N–H and O–H groups in total. The number of fused-ring (bicyclic) bond motifs is 1. The molecule has 0 spiro atoms. The van der Waals surface area contributed by atoms with Crippen molar-refractivity contribution >= 4 is 39.3 Å². The average molecular weight is 402 g/mol. The third-order valence-corrected chi connectivity index (χ3v) is 5.73. The van der Waals surface area contributed by atoms with Gasteiger partial charge in [0, 0.05) is 6.54 Å². The first kappa shape index (κ1) is 16.7. The monoisotopic (exact) mass is 401 g/mol. The van der Waals surface area contributed by atoms with Crippen molar-refractivity contribution in [2.75, 3.05) is 6.54 Å². The maximum Gasteiger partial charge on any atom is 0.410 e. The van der Waals surface area contributed by atoms with Gasteiger partial charge in [0.2, 0.25) is 0 Å². The van der Waals surface area contributed by atoms with Crippen molar-refractivity contribution < 1.29 is 14.3 Å². The van der Waals surface area contributed by atoms with E-state index < -0.39 is 5.60 Å². The Labute approximate surface area is 147 Å². The minimum atomic E-state index is -0.515. The molecular weight excluding hydrogens is 382 g/mol. The number of rotatable bonds is 1. The summed E-state index contributed by atoms with van der Waals surface area (Å²) in [6.45, 7) is 8.67. The predicted molar refractivity (Wildman–Crippen MR) is 90.5 cm³/mol. The number of ether oxygens (including phenoxy) is 1. The van der Waals surface area contributed by atoms with Crippen LogP contribution in [0.15, 0.2) is 3.92 Å². The van der Waals surface area contributed by atoms with E-state index in [9.17, 15) is 9.59 Å². The molecule has 1 saturated heterocycles. The number of likely N-dealkylation sites (tertiary alicyclic amines) is 1. The van der Waals surface area contributed by atoms with Gasteiger partial charge in [0.25, 0.3) is 5.91 Å². The molecule has 0 bridgehead atoms. The molecule has 6 nitrogen and oxygen atoms in total. The van der Waals surface area contributed by atoms with Crippen LogP contribution in [0, 0.1) is 0 Å². The summed E-state index contributed by atoms with van der Waals surface area (Å²) < 4.78 is 6.20. The highest BCUT2D eigenvalue weighted by molar-refractivity contribution is 9.11. The Kier molecular flexibility index (Phi) is 4.16.